The third kappa shape index (κ3) is 6.24. The van der Waals surface area contributed by atoms with Crippen molar-refractivity contribution >= 4 is 12.1 Å². The average molecular weight is 361 g/mol. The zero-order valence-corrected chi connectivity index (χ0v) is 16.6. The van der Waals surface area contributed by atoms with Crippen LogP contribution in [-0.4, -0.2) is 55.3 Å². The summed E-state index contributed by atoms with van der Waals surface area (Å²) < 4.78 is 5.34. The first-order chi connectivity index (χ1) is 12.3. The van der Waals surface area contributed by atoms with Crippen molar-refractivity contribution in [3.8, 4) is 0 Å². The Labute approximate surface area is 157 Å². The second-order valence-corrected chi connectivity index (χ2v) is 7.82. The Balaban J connectivity index is 1.81. The van der Waals surface area contributed by atoms with Crippen molar-refractivity contribution in [3.05, 3.63) is 35.9 Å². The fourth-order valence-corrected chi connectivity index (χ4v) is 3.02. The van der Waals surface area contributed by atoms with Gasteiger partial charge in [-0.3, -0.25) is 4.99 Å². The third-order valence-electron chi connectivity index (χ3n) is 4.36. The van der Waals surface area contributed by atoms with E-state index in [0.29, 0.717) is 5.92 Å². The predicted octanol–water partition coefficient (Wildman–Crippen LogP) is 2.96. The summed E-state index contributed by atoms with van der Waals surface area (Å²) in [6.07, 6.45) is 0.527. The minimum atomic E-state index is -0.479. The van der Waals surface area contributed by atoms with Gasteiger partial charge in [-0.25, -0.2) is 4.79 Å². The molecule has 0 aromatic heterocycles. The molecule has 1 amide bonds. The van der Waals surface area contributed by atoms with E-state index in [-0.39, 0.29) is 12.1 Å². The van der Waals surface area contributed by atoms with Crippen molar-refractivity contribution in [2.45, 2.75) is 51.7 Å². The fourth-order valence-electron chi connectivity index (χ4n) is 3.02. The van der Waals surface area contributed by atoms with Gasteiger partial charge in [0.1, 0.15) is 5.60 Å². The van der Waals surface area contributed by atoms with Gasteiger partial charge in [0.05, 0.1) is 6.04 Å². The zero-order chi connectivity index (χ0) is 19.2. The van der Waals surface area contributed by atoms with Crippen molar-refractivity contribution in [2.75, 3.05) is 26.7 Å². The van der Waals surface area contributed by atoms with Gasteiger partial charge in [-0.05, 0) is 38.7 Å². The maximum atomic E-state index is 11.9. The van der Waals surface area contributed by atoms with Gasteiger partial charge in [0.2, 0.25) is 0 Å². The first-order valence-electron chi connectivity index (χ1n) is 9.28. The zero-order valence-electron chi connectivity index (χ0n) is 16.6. The molecule has 1 unspecified atom stereocenters. The van der Waals surface area contributed by atoms with E-state index in [1.54, 1.807) is 7.05 Å². The molecule has 1 aromatic rings. The molecule has 0 spiro atoms. The molecule has 1 aliphatic rings. The number of guanidine groups is 1. The minimum absolute atomic E-state index is 0.0787. The van der Waals surface area contributed by atoms with E-state index in [1.807, 2.05) is 26.8 Å². The van der Waals surface area contributed by atoms with Crippen molar-refractivity contribution in [1.82, 2.24) is 15.5 Å². The molecule has 0 radical (unpaired) electrons. The molecule has 1 fully saturated rings. The van der Waals surface area contributed by atoms with Gasteiger partial charge >= 0.3 is 6.09 Å². The molecule has 2 atom stereocenters. The van der Waals surface area contributed by atoms with Crippen molar-refractivity contribution in [3.63, 3.8) is 0 Å². The number of rotatable bonds is 4. The van der Waals surface area contributed by atoms with E-state index in [9.17, 15) is 4.79 Å². The van der Waals surface area contributed by atoms with E-state index in [1.165, 1.54) is 5.56 Å². The highest BCUT2D eigenvalue weighted by Crippen LogP contribution is 2.15. The molecule has 0 saturated carbocycles. The van der Waals surface area contributed by atoms with Crippen molar-refractivity contribution in [1.29, 1.82) is 0 Å². The Kier molecular flexibility index (Phi) is 6.89. The van der Waals surface area contributed by atoms with Crippen LogP contribution in [0.5, 0.6) is 0 Å². The summed E-state index contributed by atoms with van der Waals surface area (Å²) in [5.41, 5.74) is 0.828. The number of hydrogen-bond donors (Lipinski definition) is 2. The standard InChI is InChI=1S/C20H32N4O2/c1-15(16-9-7-6-8-10-16)13-22-18(21-5)24-12-11-17(14-24)23-19(25)26-20(2,3)4/h6-10,15,17H,11-14H2,1-5H3,(H,21,22)(H,23,25)/t15?,17-/m1/s1. The molecule has 144 valence electrons. The van der Waals surface area contributed by atoms with E-state index < -0.39 is 5.60 Å². The molecule has 6 heteroatoms. The largest absolute Gasteiger partial charge is 0.444 e. The van der Waals surface area contributed by atoms with Crippen LogP contribution in [0.15, 0.2) is 35.3 Å². The summed E-state index contributed by atoms with van der Waals surface area (Å²) in [5, 5.41) is 6.40. The lowest BCUT2D eigenvalue weighted by Crippen LogP contribution is -2.44. The molecule has 1 aliphatic heterocycles. The molecule has 1 saturated heterocycles. The normalized spacial score (nSPS) is 19.2. The topological polar surface area (TPSA) is 66.0 Å². The molecule has 6 nitrogen and oxygen atoms in total. The highest BCUT2D eigenvalue weighted by atomic mass is 16.6. The van der Waals surface area contributed by atoms with E-state index in [4.69, 9.17) is 4.74 Å². The molecular formula is C20H32N4O2. The van der Waals surface area contributed by atoms with Crippen LogP contribution < -0.4 is 10.6 Å². The molecular weight excluding hydrogens is 328 g/mol. The highest BCUT2D eigenvalue weighted by Gasteiger charge is 2.27. The van der Waals surface area contributed by atoms with Gasteiger partial charge in [0.15, 0.2) is 5.96 Å². The lowest BCUT2D eigenvalue weighted by Gasteiger charge is -2.24. The van der Waals surface area contributed by atoms with Crippen molar-refractivity contribution in [2.24, 2.45) is 4.99 Å². The highest BCUT2D eigenvalue weighted by molar-refractivity contribution is 5.80. The van der Waals surface area contributed by atoms with Gasteiger partial charge in [-0.2, -0.15) is 0 Å². The Hall–Kier alpha value is -2.24. The molecule has 2 rings (SSSR count). The summed E-state index contributed by atoms with van der Waals surface area (Å²) in [6.45, 7) is 10.2. The summed E-state index contributed by atoms with van der Waals surface area (Å²) in [7, 11) is 1.80. The predicted molar refractivity (Wildman–Crippen MR) is 106 cm³/mol. The smallest absolute Gasteiger partial charge is 0.407 e. The number of nitrogens with one attached hydrogen (secondary N) is 2. The number of ether oxygens (including phenoxy) is 1. The van der Waals surface area contributed by atoms with E-state index in [2.05, 4.69) is 51.7 Å². The fraction of sp³-hybridized carbons (Fsp3) is 0.600. The second kappa shape index (κ2) is 8.92. The Morgan fingerprint density at radius 1 is 1.35 bits per heavy atom. The SMILES string of the molecule is CN=C(NCC(C)c1ccccc1)N1CC[C@@H](NC(=O)OC(C)(C)C)C1. The molecule has 26 heavy (non-hydrogen) atoms. The number of carbonyl (C=O) groups is 1. The Morgan fingerprint density at radius 3 is 2.65 bits per heavy atom. The molecule has 1 aromatic carbocycles. The summed E-state index contributed by atoms with van der Waals surface area (Å²) in [6, 6.07) is 10.5. The van der Waals surface area contributed by atoms with Crippen LogP contribution >= 0.6 is 0 Å². The Morgan fingerprint density at radius 2 is 2.04 bits per heavy atom. The third-order valence-corrected chi connectivity index (χ3v) is 4.36. The van der Waals surface area contributed by atoms with Crippen LogP contribution in [0, 0.1) is 0 Å². The average Bonchev–Trinajstić information content (AvgIpc) is 3.02. The van der Waals surface area contributed by atoms with Gasteiger partial charge in [0.25, 0.3) is 0 Å². The maximum Gasteiger partial charge on any atom is 0.407 e. The monoisotopic (exact) mass is 360 g/mol. The van der Waals surface area contributed by atoms with E-state index >= 15 is 0 Å². The van der Waals surface area contributed by atoms with Gasteiger partial charge in [-0.15, -0.1) is 0 Å². The summed E-state index contributed by atoms with van der Waals surface area (Å²) in [4.78, 5) is 18.5. The number of carbonyl (C=O) groups excluding carboxylic acids is 1. The molecule has 0 aliphatic carbocycles. The van der Waals surface area contributed by atoms with Crippen LogP contribution in [0.3, 0.4) is 0 Å². The van der Waals surface area contributed by atoms with Crippen LogP contribution in [-0.2, 0) is 4.74 Å². The lowest BCUT2D eigenvalue weighted by molar-refractivity contribution is 0.0507. The van der Waals surface area contributed by atoms with Gasteiger partial charge in [0, 0.05) is 26.7 Å². The molecule has 0 bridgehead atoms. The second-order valence-electron chi connectivity index (χ2n) is 7.82. The van der Waals surface area contributed by atoms with Gasteiger partial charge < -0.3 is 20.3 Å². The lowest BCUT2D eigenvalue weighted by atomic mass is 10.0. The van der Waals surface area contributed by atoms with Crippen LogP contribution in [0.2, 0.25) is 0 Å². The molecule has 2 N–H and O–H groups in total. The Bertz CT molecular complexity index is 610. The van der Waals surface area contributed by atoms with Gasteiger partial charge in [-0.1, -0.05) is 37.3 Å². The number of hydrogen-bond acceptors (Lipinski definition) is 3. The quantitative estimate of drug-likeness (QED) is 0.640. The number of amides is 1. The minimum Gasteiger partial charge on any atom is -0.444 e. The summed E-state index contributed by atoms with van der Waals surface area (Å²) in [5.74, 6) is 1.27. The van der Waals surface area contributed by atoms with E-state index in [0.717, 1.165) is 32.0 Å². The summed E-state index contributed by atoms with van der Waals surface area (Å²) >= 11 is 0. The number of benzene rings is 1. The number of likely N-dealkylation sites (tertiary alicyclic amines) is 1. The number of aliphatic imine (C=N–C) groups is 1. The number of nitrogens with zero attached hydrogens (tertiary/aromatic N) is 2. The van der Waals surface area contributed by atoms with Crippen LogP contribution in [0.25, 0.3) is 0 Å². The van der Waals surface area contributed by atoms with Crippen molar-refractivity contribution < 1.29 is 9.53 Å². The first kappa shape index (κ1) is 20.1. The number of alkyl carbamates (subject to hydrolysis) is 1. The maximum absolute atomic E-state index is 11.9. The van der Waals surface area contributed by atoms with Crippen LogP contribution in [0.4, 0.5) is 4.79 Å². The van der Waals surface area contributed by atoms with Crippen LogP contribution in [0.1, 0.15) is 45.6 Å². The first-order valence-corrected chi connectivity index (χ1v) is 9.28. The molecule has 1 heterocycles.